The van der Waals surface area contributed by atoms with E-state index in [1.165, 1.54) is 4.80 Å². The summed E-state index contributed by atoms with van der Waals surface area (Å²) in [6.45, 7) is 4.86. The van der Waals surface area contributed by atoms with Crippen LogP contribution in [-0.4, -0.2) is 39.3 Å². The Labute approximate surface area is 204 Å². The molecule has 0 unspecified atom stereocenters. The van der Waals surface area contributed by atoms with Crippen LogP contribution in [0.5, 0.6) is 11.5 Å². The lowest BCUT2D eigenvalue weighted by Crippen LogP contribution is -2.31. The summed E-state index contributed by atoms with van der Waals surface area (Å²) in [4.78, 5) is 16.7. The Kier molecular flexibility index (Phi) is 6.43. The van der Waals surface area contributed by atoms with Gasteiger partial charge in [-0.05, 0) is 73.4 Å². The van der Waals surface area contributed by atoms with Crippen LogP contribution in [0.2, 0.25) is 0 Å². The van der Waals surface area contributed by atoms with Gasteiger partial charge in [0.15, 0.2) is 11.5 Å². The number of amides is 1. The molecule has 2 heterocycles. The van der Waals surface area contributed by atoms with E-state index in [1.807, 2.05) is 68.4 Å². The molecule has 8 nitrogen and oxygen atoms in total. The first-order valence-electron chi connectivity index (χ1n) is 11.8. The first-order chi connectivity index (χ1) is 17.2. The number of tetrazole rings is 1. The quantitative estimate of drug-likeness (QED) is 0.393. The Morgan fingerprint density at radius 1 is 0.857 bits per heavy atom. The van der Waals surface area contributed by atoms with Gasteiger partial charge in [-0.15, -0.1) is 10.2 Å². The normalized spacial score (nSPS) is 12.5. The van der Waals surface area contributed by atoms with Crippen molar-refractivity contribution in [1.29, 1.82) is 0 Å². The van der Waals surface area contributed by atoms with Crippen molar-refractivity contribution in [2.24, 2.45) is 0 Å². The summed E-state index contributed by atoms with van der Waals surface area (Å²) < 4.78 is 11.3. The van der Waals surface area contributed by atoms with Crippen LogP contribution >= 0.6 is 0 Å². The third-order valence-electron chi connectivity index (χ3n) is 5.91. The monoisotopic (exact) mass is 469 g/mol. The number of aromatic nitrogens is 4. The van der Waals surface area contributed by atoms with Crippen molar-refractivity contribution < 1.29 is 14.3 Å². The molecule has 35 heavy (non-hydrogen) atoms. The Balaban J connectivity index is 1.43. The van der Waals surface area contributed by atoms with Gasteiger partial charge in [-0.25, -0.2) is 0 Å². The number of benzene rings is 3. The molecular formula is C27H27N5O3. The Bertz CT molecular complexity index is 1300. The molecule has 1 aromatic heterocycles. The summed E-state index contributed by atoms with van der Waals surface area (Å²) in [6.07, 6.45) is 1.76. The third kappa shape index (κ3) is 4.59. The van der Waals surface area contributed by atoms with Gasteiger partial charge in [0, 0.05) is 5.56 Å². The Hall–Kier alpha value is -4.20. The highest BCUT2D eigenvalue weighted by molar-refractivity contribution is 6.02. The van der Waals surface area contributed by atoms with Crippen LogP contribution in [0.1, 0.15) is 25.0 Å². The largest absolute Gasteiger partial charge is 0.490 e. The molecule has 0 radical (unpaired) electrons. The van der Waals surface area contributed by atoms with Gasteiger partial charge >= 0.3 is 0 Å². The fourth-order valence-corrected chi connectivity index (χ4v) is 4.36. The molecular weight excluding hydrogens is 442 g/mol. The molecule has 1 aliphatic rings. The summed E-state index contributed by atoms with van der Waals surface area (Å²) in [5, 5.41) is 12.8. The standard InChI is InChI=1S/C27H27N5O3/c1-3-34-24-16-15-21(17-25(24)35-4-2)27-28-30-31(29-27)18-26(33)32-22-11-7-5-9-19(22)13-14-20-10-6-8-12-23(20)32/h5-12,15-17H,3-4,13-14,18H2,1-2H3. The smallest absolute Gasteiger partial charge is 0.255 e. The maximum atomic E-state index is 13.6. The number of ether oxygens (including phenoxy) is 2. The number of anilines is 2. The molecule has 0 N–H and O–H groups in total. The predicted octanol–water partition coefficient (Wildman–Crippen LogP) is 4.60. The van der Waals surface area contributed by atoms with Crippen LogP contribution in [0, 0.1) is 0 Å². The molecule has 4 aromatic rings. The van der Waals surface area contributed by atoms with Gasteiger partial charge < -0.3 is 9.47 Å². The van der Waals surface area contributed by atoms with Crippen molar-refractivity contribution in [2.75, 3.05) is 18.1 Å². The molecule has 0 saturated heterocycles. The molecule has 3 aromatic carbocycles. The first-order valence-corrected chi connectivity index (χ1v) is 11.8. The van der Waals surface area contributed by atoms with E-state index >= 15 is 0 Å². The lowest BCUT2D eigenvalue weighted by atomic mass is 10.0. The highest BCUT2D eigenvalue weighted by atomic mass is 16.5. The maximum Gasteiger partial charge on any atom is 0.255 e. The van der Waals surface area contributed by atoms with E-state index in [2.05, 4.69) is 27.5 Å². The molecule has 0 fully saturated rings. The van der Waals surface area contributed by atoms with E-state index in [0.29, 0.717) is 30.5 Å². The van der Waals surface area contributed by atoms with Crippen molar-refractivity contribution in [2.45, 2.75) is 33.2 Å². The van der Waals surface area contributed by atoms with Gasteiger partial charge in [0.2, 0.25) is 5.82 Å². The van der Waals surface area contributed by atoms with Gasteiger partial charge in [0.05, 0.1) is 24.6 Å². The van der Waals surface area contributed by atoms with Crippen molar-refractivity contribution in [3.8, 4) is 22.9 Å². The topological polar surface area (TPSA) is 82.4 Å². The van der Waals surface area contributed by atoms with Gasteiger partial charge in [-0.1, -0.05) is 36.4 Å². The molecule has 1 amide bonds. The summed E-state index contributed by atoms with van der Waals surface area (Å²) in [5.74, 6) is 1.58. The average Bonchev–Trinajstić information content (AvgIpc) is 3.26. The fourth-order valence-electron chi connectivity index (χ4n) is 4.36. The summed E-state index contributed by atoms with van der Waals surface area (Å²) in [7, 11) is 0. The van der Waals surface area contributed by atoms with Crippen LogP contribution in [0.15, 0.2) is 66.7 Å². The van der Waals surface area contributed by atoms with Gasteiger partial charge in [-0.2, -0.15) is 4.80 Å². The highest BCUT2D eigenvalue weighted by Crippen LogP contribution is 2.36. The van der Waals surface area contributed by atoms with E-state index in [9.17, 15) is 4.79 Å². The van der Waals surface area contributed by atoms with Crippen molar-refractivity contribution >= 4 is 17.3 Å². The number of carbonyl (C=O) groups excluding carboxylic acids is 1. The second kappa shape index (κ2) is 9.97. The van der Waals surface area contributed by atoms with Crippen molar-refractivity contribution in [3.63, 3.8) is 0 Å². The number of nitrogens with zero attached hydrogens (tertiary/aromatic N) is 5. The van der Waals surface area contributed by atoms with Crippen LogP contribution in [-0.2, 0) is 24.2 Å². The maximum absolute atomic E-state index is 13.6. The predicted molar refractivity (Wildman–Crippen MR) is 133 cm³/mol. The van der Waals surface area contributed by atoms with E-state index in [4.69, 9.17) is 9.47 Å². The molecule has 0 spiro atoms. The second-order valence-electron chi connectivity index (χ2n) is 8.16. The van der Waals surface area contributed by atoms with Crippen LogP contribution in [0.4, 0.5) is 11.4 Å². The van der Waals surface area contributed by atoms with Crippen LogP contribution in [0.25, 0.3) is 11.4 Å². The van der Waals surface area contributed by atoms with E-state index in [1.54, 1.807) is 4.90 Å². The number of hydrogen-bond acceptors (Lipinski definition) is 6. The number of hydrogen-bond donors (Lipinski definition) is 0. The molecule has 0 atom stereocenters. The zero-order valence-corrected chi connectivity index (χ0v) is 19.8. The molecule has 0 aliphatic carbocycles. The minimum atomic E-state index is -0.127. The SMILES string of the molecule is CCOc1ccc(-c2nnn(CC(=O)N3c4ccccc4CCc4ccccc43)n2)cc1OCC. The average molecular weight is 470 g/mol. The molecule has 8 heteroatoms. The minimum absolute atomic E-state index is 0.0367. The van der Waals surface area contributed by atoms with E-state index in [-0.39, 0.29) is 12.5 Å². The van der Waals surface area contributed by atoms with Crippen molar-refractivity contribution in [1.82, 2.24) is 20.2 Å². The van der Waals surface area contributed by atoms with E-state index < -0.39 is 0 Å². The molecule has 1 aliphatic heterocycles. The van der Waals surface area contributed by atoms with Gasteiger partial charge in [-0.3, -0.25) is 9.69 Å². The zero-order valence-electron chi connectivity index (χ0n) is 19.8. The zero-order chi connectivity index (χ0) is 24.2. The highest BCUT2D eigenvalue weighted by Gasteiger charge is 2.26. The molecule has 0 saturated carbocycles. The van der Waals surface area contributed by atoms with Gasteiger partial charge in [0.25, 0.3) is 5.91 Å². The summed E-state index contributed by atoms with van der Waals surface area (Å²) in [5.41, 5.74) is 4.82. The summed E-state index contributed by atoms with van der Waals surface area (Å²) in [6, 6.07) is 21.6. The Morgan fingerprint density at radius 3 is 2.14 bits per heavy atom. The van der Waals surface area contributed by atoms with Crippen LogP contribution < -0.4 is 14.4 Å². The molecule has 0 bridgehead atoms. The number of fused-ring (bicyclic) bond motifs is 2. The second-order valence-corrected chi connectivity index (χ2v) is 8.16. The minimum Gasteiger partial charge on any atom is -0.490 e. The van der Waals surface area contributed by atoms with Crippen molar-refractivity contribution in [3.05, 3.63) is 77.9 Å². The number of carbonyl (C=O) groups is 1. The van der Waals surface area contributed by atoms with Crippen LogP contribution in [0.3, 0.4) is 0 Å². The first kappa shape index (κ1) is 22.6. The molecule has 178 valence electrons. The fraction of sp³-hybridized carbons (Fsp3) is 0.259. The lowest BCUT2D eigenvalue weighted by Gasteiger charge is -2.24. The number of aryl methyl sites for hydroxylation is 2. The third-order valence-corrected chi connectivity index (χ3v) is 5.91. The Morgan fingerprint density at radius 2 is 1.49 bits per heavy atom. The number of para-hydroxylation sites is 2. The summed E-state index contributed by atoms with van der Waals surface area (Å²) >= 11 is 0. The number of rotatable bonds is 7. The van der Waals surface area contributed by atoms with E-state index in [0.717, 1.165) is 40.9 Å². The lowest BCUT2D eigenvalue weighted by molar-refractivity contribution is -0.118. The van der Waals surface area contributed by atoms with Gasteiger partial charge in [0.1, 0.15) is 6.54 Å². The molecule has 5 rings (SSSR count).